The summed E-state index contributed by atoms with van der Waals surface area (Å²) in [5.41, 5.74) is 1.31. The number of ether oxygens (including phenoxy) is 1. The zero-order valence-electron chi connectivity index (χ0n) is 15.8. The molecule has 1 fully saturated rings. The lowest BCUT2D eigenvalue weighted by Gasteiger charge is -2.34. The number of hydrogen-bond acceptors (Lipinski definition) is 7. The number of nitro groups is 1. The number of methoxy groups -OCH3 is 1. The van der Waals surface area contributed by atoms with Gasteiger partial charge in [-0.3, -0.25) is 10.1 Å². The fourth-order valence-corrected chi connectivity index (χ4v) is 4.23. The fraction of sp³-hybridized carbons (Fsp3) is 0.368. The summed E-state index contributed by atoms with van der Waals surface area (Å²) in [6, 6.07) is 12.2. The number of benzene rings is 2. The van der Waals surface area contributed by atoms with Crippen LogP contribution in [0.5, 0.6) is 5.75 Å². The molecule has 1 saturated heterocycles. The maximum absolute atomic E-state index is 11.9. The highest BCUT2D eigenvalue weighted by Gasteiger charge is 2.24. The molecule has 1 aliphatic heterocycles. The van der Waals surface area contributed by atoms with Crippen LogP contribution in [0.2, 0.25) is 0 Å². The van der Waals surface area contributed by atoms with Gasteiger partial charge in [-0.05, 0) is 49.2 Å². The molecule has 9 heteroatoms. The largest absolute Gasteiger partial charge is 0.497 e. The summed E-state index contributed by atoms with van der Waals surface area (Å²) in [5, 5.41) is 14.4. The molecule has 0 saturated carbocycles. The van der Waals surface area contributed by atoms with E-state index in [0.717, 1.165) is 43.6 Å². The number of anilines is 2. The normalized spacial score (nSPS) is 15.3. The van der Waals surface area contributed by atoms with E-state index in [4.69, 9.17) is 4.74 Å². The van der Waals surface area contributed by atoms with Gasteiger partial charge in [0.15, 0.2) is 9.84 Å². The van der Waals surface area contributed by atoms with E-state index in [1.807, 2.05) is 24.3 Å². The molecule has 0 spiro atoms. The van der Waals surface area contributed by atoms with Crippen LogP contribution >= 0.6 is 0 Å². The monoisotopic (exact) mass is 405 g/mol. The van der Waals surface area contributed by atoms with E-state index in [0.29, 0.717) is 5.69 Å². The quantitative estimate of drug-likeness (QED) is 0.582. The van der Waals surface area contributed by atoms with Crippen molar-refractivity contribution < 1.29 is 18.1 Å². The predicted molar refractivity (Wildman–Crippen MR) is 108 cm³/mol. The Labute approximate surface area is 164 Å². The number of nitrogens with zero attached hydrogens (tertiary/aromatic N) is 2. The molecule has 0 atom stereocenters. The summed E-state index contributed by atoms with van der Waals surface area (Å²) in [5.74, 6) is 0.820. The average molecular weight is 405 g/mol. The van der Waals surface area contributed by atoms with Crippen molar-refractivity contribution in [2.45, 2.75) is 23.8 Å². The van der Waals surface area contributed by atoms with Crippen molar-refractivity contribution in [3.63, 3.8) is 0 Å². The van der Waals surface area contributed by atoms with Gasteiger partial charge in [-0.2, -0.15) is 0 Å². The Morgan fingerprint density at radius 3 is 2.32 bits per heavy atom. The third-order valence-electron chi connectivity index (χ3n) is 4.86. The fourth-order valence-electron chi connectivity index (χ4n) is 3.36. The molecule has 0 unspecified atom stereocenters. The number of hydrogen-bond donors (Lipinski definition) is 1. The lowest BCUT2D eigenvalue weighted by molar-refractivity contribution is -0.387. The van der Waals surface area contributed by atoms with E-state index in [2.05, 4.69) is 10.2 Å². The highest BCUT2D eigenvalue weighted by molar-refractivity contribution is 7.90. The molecule has 2 aromatic rings. The van der Waals surface area contributed by atoms with Crippen molar-refractivity contribution >= 4 is 26.9 Å². The van der Waals surface area contributed by atoms with Gasteiger partial charge in [0, 0.05) is 42.8 Å². The van der Waals surface area contributed by atoms with Crippen LogP contribution in [0.3, 0.4) is 0 Å². The molecule has 8 nitrogen and oxygen atoms in total. The molecule has 2 aromatic carbocycles. The first-order valence-electron chi connectivity index (χ1n) is 8.92. The number of nitro benzene ring substituents is 1. The van der Waals surface area contributed by atoms with Crippen molar-refractivity contribution in [1.29, 1.82) is 0 Å². The van der Waals surface area contributed by atoms with E-state index in [1.54, 1.807) is 13.2 Å². The Morgan fingerprint density at radius 1 is 1.14 bits per heavy atom. The minimum atomic E-state index is -3.69. The van der Waals surface area contributed by atoms with Crippen molar-refractivity contribution in [2.75, 3.05) is 36.7 Å². The summed E-state index contributed by atoms with van der Waals surface area (Å²) >= 11 is 0. The van der Waals surface area contributed by atoms with Crippen LogP contribution < -0.4 is 15.0 Å². The number of piperidine rings is 1. The topological polar surface area (TPSA) is 102 Å². The molecule has 150 valence electrons. The third-order valence-corrected chi connectivity index (χ3v) is 5.99. The average Bonchev–Trinajstić information content (AvgIpc) is 2.68. The van der Waals surface area contributed by atoms with Crippen LogP contribution in [0.15, 0.2) is 47.4 Å². The molecule has 0 aromatic heterocycles. The Balaban J connectivity index is 1.66. The molecule has 0 amide bonds. The maximum atomic E-state index is 11.9. The van der Waals surface area contributed by atoms with Gasteiger partial charge in [0.05, 0.1) is 12.0 Å². The minimum Gasteiger partial charge on any atom is -0.497 e. The maximum Gasteiger partial charge on any atom is 0.288 e. The lowest BCUT2D eigenvalue weighted by atomic mass is 10.0. The number of sulfone groups is 1. The van der Waals surface area contributed by atoms with Gasteiger partial charge in [-0.15, -0.1) is 0 Å². The zero-order valence-corrected chi connectivity index (χ0v) is 16.6. The summed E-state index contributed by atoms with van der Waals surface area (Å²) in [4.78, 5) is 12.4. The number of nitrogens with one attached hydrogen (secondary N) is 1. The second-order valence-electron chi connectivity index (χ2n) is 6.82. The Hall–Kier alpha value is -2.81. The molecule has 3 rings (SSSR count). The van der Waals surface area contributed by atoms with Crippen LogP contribution in [-0.4, -0.2) is 45.8 Å². The molecule has 1 heterocycles. The standard InChI is InChI=1S/C19H23N3O5S/c1-27-17-6-4-16(5-7-17)21-11-9-14(10-12-21)20-15-3-8-18(22(23)24)19(13-15)28(2,25)26/h3-8,13-14,20H,9-12H2,1-2H3. The first-order chi connectivity index (χ1) is 13.3. The second kappa shape index (κ2) is 8.05. The second-order valence-corrected chi connectivity index (χ2v) is 8.80. The van der Waals surface area contributed by atoms with E-state index >= 15 is 0 Å². The van der Waals surface area contributed by atoms with E-state index < -0.39 is 20.4 Å². The summed E-state index contributed by atoms with van der Waals surface area (Å²) in [7, 11) is -2.05. The van der Waals surface area contributed by atoms with E-state index in [1.165, 1.54) is 12.1 Å². The van der Waals surface area contributed by atoms with Gasteiger partial charge in [0.1, 0.15) is 10.6 Å². The molecule has 1 aliphatic rings. The minimum absolute atomic E-state index is 0.170. The molecule has 0 radical (unpaired) electrons. The molecule has 0 aliphatic carbocycles. The van der Waals surface area contributed by atoms with Crippen LogP contribution in [0, 0.1) is 10.1 Å². The summed E-state index contributed by atoms with van der Waals surface area (Å²) < 4.78 is 29.0. The lowest BCUT2D eigenvalue weighted by Crippen LogP contribution is -2.39. The van der Waals surface area contributed by atoms with Gasteiger partial charge >= 0.3 is 0 Å². The van der Waals surface area contributed by atoms with Gasteiger partial charge in [-0.1, -0.05) is 0 Å². The van der Waals surface area contributed by atoms with Crippen LogP contribution in [0.4, 0.5) is 17.1 Å². The van der Waals surface area contributed by atoms with Crippen LogP contribution in [0.25, 0.3) is 0 Å². The van der Waals surface area contributed by atoms with Crippen molar-refractivity contribution in [2.24, 2.45) is 0 Å². The molecular weight excluding hydrogens is 382 g/mol. The number of rotatable bonds is 6. The molecule has 28 heavy (non-hydrogen) atoms. The van der Waals surface area contributed by atoms with Gasteiger partial charge < -0.3 is 15.0 Å². The van der Waals surface area contributed by atoms with E-state index in [9.17, 15) is 18.5 Å². The first kappa shape index (κ1) is 19.9. The van der Waals surface area contributed by atoms with Crippen molar-refractivity contribution in [1.82, 2.24) is 0 Å². The predicted octanol–water partition coefficient (Wildman–Crippen LogP) is 3.09. The van der Waals surface area contributed by atoms with Crippen molar-refractivity contribution in [3.05, 3.63) is 52.6 Å². The summed E-state index contributed by atoms with van der Waals surface area (Å²) in [6.07, 6.45) is 2.72. The zero-order chi connectivity index (χ0) is 20.3. The first-order valence-corrected chi connectivity index (χ1v) is 10.8. The van der Waals surface area contributed by atoms with E-state index in [-0.39, 0.29) is 10.9 Å². The van der Waals surface area contributed by atoms with Crippen LogP contribution in [0.1, 0.15) is 12.8 Å². The highest BCUT2D eigenvalue weighted by Crippen LogP contribution is 2.29. The molecule has 0 bridgehead atoms. The Bertz CT molecular complexity index is 952. The van der Waals surface area contributed by atoms with Gasteiger partial charge in [0.25, 0.3) is 5.69 Å². The SMILES string of the molecule is COc1ccc(N2CCC(Nc3ccc([N+](=O)[O-])c(S(C)(=O)=O)c3)CC2)cc1. The smallest absolute Gasteiger partial charge is 0.288 e. The van der Waals surface area contributed by atoms with Gasteiger partial charge in [0.2, 0.25) is 0 Å². The Morgan fingerprint density at radius 2 is 1.79 bits per heavy atom. The molecule has 1 N–H and O–H groups in total. The van der Waals surface area contributed by atoms with Gasteiger partial charge in [-0.25, -0.2) is 8.42 Å². The van der Waals surface area contributed by atoms with Crippen LogP contribution in [-0.2, 0) is 9.84 Å². The highest BCUT2D eigenvalue weighted by atomic mass is 32.2. The Kier molecular flexibility index (Phi) is 5.73. The van der Waals surface area contributed by atoms with Crippen molar-refractivity contribution in [3.8, 4) is 5.75 Å². The summed E-state index contributed by atoms with van der Waals surface area (Å²) in [6.45, 7) is 1.71. The molecular formula is C19H23N3O5S. The third kappa shape index (κ3) is 4.53.